The molecule has 11 heavy (non-hydrogen) atoms. The van der Waals surface area contributed by atoms with Crippen molar-refractivity contribution in [2.24, 2.45) is 0 Å². The predicted octanol–water partition coefficient (Wildman–Crippen LogP) is 2.65. The van der Waals surface area contributed by atoms with Crippen LogP contribution < -0.4 is 0 Å². The summed E-state index contributed by atoms with van der Waals surface area (Å²) in [6, 6.07) is 0. The molecular formula is C8H16O3. The van der Waals surface area contributed by atoms with Gasteiger partial charge in [0.05, 0.1) is 6.61 Å². The van der Waals surface area contributed by atoms with E-state index in [2.05, 4.69) is 4.74 Å². The maximum Gasteiger partial charge on any atom is 0.505 e. The fourth-order valence-corrected chi connectivity index (χ4v) is 0.439. The first-order chi connectivity index (χ1) is 5.27. The van der Waals surface area contributed by atoms with Crippen LogP contribution in [0.2, 0.25) is 0 Å². The predicted molar refractivity (Wildman–Crippen MR) is 42.7 cm³/mol. The number of ether oxygens (including phenoxy) is 1. The molecule has 0 heterocycles. The van der Waals surface area contributed by atoms with Gasteiger partial charge in [0.25, 0.3) is 0 Å². The maximum atomic E-state index is 9.54. The second kappa shape index (κ2) is 7.38. The van der Waals surface area contributed by atoms with Gasteiger partial charge in [0.15, 0.2) is 0 Å². The van der Waals surface area contributed by atoms with Crippen molar-refractivity contribution in [1.29, 1.82) is 0 Å². The van der Waals surface area contributed by atoms with Crippen molar-refractivity contribution in [1.82, 2.24) is 0 Å². The summed E-state index contributed by atoms with van der Waals surface area (Å²) in [5, 5.41) is 7.82. The number of carbonyl (C=O) groups is 1. The maximum absolute atomic E-state index is 9.54. The fraction of sp³-hybridized carbons (Fsp3) is 0.875. The van der Waals surface area contributed by atoms with Crippen molar-refractivity contribution in [2.75, 3.05) is 6.61 Å². The molecule has 66 valence electrons. The van der Waals surface area contributed by atoms with Crippen molar-refractivity contribution in [3.63, 3.8) is 0 Å². The summed E-state index contributed by atoms with van der Waals surface area (Å²) in [6.45, 7) is 2.15. The summed E-state index contributed by atoms with van der Waals surface area (Å²) in [5.41, 5.74) is 0. The molecule has 1 fully saturated rings. The molecule has 1 saturated carbocycles. The number of hydrogen-bond donors (Lipinski definition) is 1. The van der Waals surface area contributed by atoms with Gasteiger partial charge in [-0.15, -0.1) is 0 Å². The van der Waals surface area contributed by atoms with Crippen LogP contribution in [0.4, 0.5) is 4.79 Å². The highest BCUT2D eigenvalue weighted by atomic mass is 16.7. The van der Waals surface area contributed by atoms with Gasteiger partial charge in [-0.3, -0.25) is 0 Å². The van der Waals surface area contributed by atoms with Gasteiger partial charge in [-0.1, -0.05) is 32.6 Å². The summed E-state index contributed by atoms with van der Waals surface area (Å²) in [6.07, 6.45) is 5.55. The van der Waals surface area contributed by atoms with Gasteiger partial charge >= 0.3 is 6.16 Å². The third-order valence-electron chi connectivity index (χ3n) is 1.43. The Balaban J connectivity index is 0.000000207. The average Bonchev–Trinajstić information content (AvgIpc) is 1.79. The number of carboxylic acid groups (broad SMARTS) is 1. The van der Waals surface area contributed by atoms with Crippen LogP contribution in [0.25, 0.3) is 0 Å². The van der Waals surface area contributed by atoms with E-state index in [1.54, 1.807) is 0 Å². The van der Waals surface area contributed by atoms with Gasteiger partial charge < -0.3 is 9.84 Å². The van der Waals surface area contributed by atoms with E-state index in [9.17, 15) is 4.79 Å². The molecule has 1 N–H and O–H groups in total. The standard InChI is InChI=1S/C4H8O3.C4H8/c1-2-3-7-4(5)6;1-2-4-3-1/h2-3H2,1H3,(H,5,6);1-4H2. The quantitative estimate of drug-likeness (QED) is 0.631. The molecule has 0 saturated heterocycles. The second-order valence-corrected chi connectivity index (χ2v) is 2.53. The van der Waals surface area contributed by atoms with Crippen molar-refractivity contribution < 1.29 is 14.6 Å². The minimum absolute atomic E-state index is 0.301. The van der Waals surface area contributed by atoms with Gasteiger partial charge in [0.1, 0.15) is 0 Å². The summed E-state index contributed by atoms with van der Waals surface area (Å²) in [7, 11) is 0. The van der Waals surface area contributed by atoms with Crippen LogP contribution in [-0.4, -0.2) is 17.9 Å². The van der Waals surface area contributed by atoms with Crippen LogP contribution in [-0.2, 0) is 4.74 Å². The van der Waals surface area contributed by atoms with Gasteiger partial charge in [-0.05, 0) is 6.42 Å². The monoisotopic (exact) mass is 160 g/mol. The molecule has 0 aromatic carbocycles. The lowest BCUT2D eigenvalue weighted by Gasteiger charge is -2.05. The fourth-order valence-electron chi connectivity index (χ4n) is 0.439. The first kappa shape index (κ1) is 10.3. The summed E-state index contributed by atoms with van der Waals surface area (Å²) < 4.78 is 4.11. The lowest BCUT2D eigenvalue weighted by Crippen LogP contribution is -1.99. The van der Waals surface area contributed by atoms with Crippen molar-refractivity contribution in [2.45, 2.75) is 39.0 Å². The molecule has 0 aliphatic heterocycles. The van der Waals surface area contributed by atoms with E-state index in [-0.39, 0.29) is 0 Å². The average molecular weight is 160 g/mol. The van der Waals surface area contributed by atoms with Crippen LogP contribution in [0, 0.1) is 0 Å². The normalized spacial score (nSPS) is 13.9. The van der Waals surface area contributed by atoms with Gasteiger partial charge in [-0.25, -0.2) is 4.79 Å². The van der Waals surface area contributed by atoms with E-state index in [4.69, 9.17) is 5.11 Å². The van der Waals surface area contributed by atoms with E-state index in [1.165, 1.54) is 25.7 Å². The van der Waals surface area contributed by atoms with Crippen LogP contribution >= 0.6 is 0 Å². The molecule has 1 rings (SSSR count). The zero-order valence-electron chi connectivity index (χ0n) is 7.01. The third kappa shape index (κ3) is 9.27. The van der Waals surface area contributed by atoms with E-state index in [0.29, 0.717) is 6.61 Å². The SMILES string of the molecule is C1CCC1.CCCOC(=O)O. The number of rotatable bonds is 2. The summed E-state index contributed by atoms with van der Waals surface area (Å²) >= 11 is 0. The smallest absolute Gasteiger partial charge is 0.450 e. The summed E-state index contributed by atoms with van der Waals surface area (Å²) in [4.78, 5) is 9.54. The Kier molecular flexibility index (Phi) is 6.89. The molecule has 1 aliphatic carbocycles. The Hall–Kier alpha value is -0.730. The molecule has 3 nitrogen and oxygen atoms in total. The van der Waals surface area contributed by atoms with E-state index < -0.39 is 6.16 Å². The Labute approximate surface area is 67.4 Å². The molecule has 0 bridgehead atoms. The Bertz CT molecular complexity index is 93.5. The van der Waals surface area contributed by atoms with Crippen molar-refractivity contribution in [3.8, 4) is 0 Å². The second-order valence-electron chi connectivity index (χ2n) is 2.53. The van der Waals surface area contributed by atoms with Crippen LogP contribution in [0.15, 0.2) is 0 Å². The van der Waals surface area contributed by atoms with Crippen LogP contribution in [0.3, 0.4) is 0 Å². The van der Waals surface area contributed by atoms with E-state index in [1.807, 2.05) is 6.92 Å². The highest BCUT2D eigenvalue weighted by Crippen LogP contribution is 2.15. The minimum Gasteiger partial charge on any atom is -0.450 e. The highest BCUT2D eigenvalue weighted by Gasteiger charge is 1.95. The molecule has 0 unspecified atom stereocenters. The zero-order valence-corrected chi connectivity index (χ0v) is 7.01. The third-order valence-corrected chi connectivity index (χ3v) is 1.43. The molecule has 0 amide bonds. The van der Waals surface area contributed by atoms with E-state index >= 15 is 0 Å². The molecule has 3 heteroatoms. The largest absolute Gasteiger partial charge is 0.505 e. The van der Waals surface area contributed by atoms with Gasteiger partial charge in [0, 0.05) is 0 Å². The molecule has 0 aromatic rings. The molecule has 1 aliphatic rings. The van der Waals surface area contributed by atoms with Crippen LogP contribution in [0.1, 0.15) is 39.0 Å². The van der Waals surface area contributed by atoms with Crippen molar-refractivity contribution in [3.05, 3.63) is 0 Å². The number of hydrogen-bond acceptors (Lipinski definition) is 2. The Morgan fingerprint density at radius 1 is 1.36 bits per heavy atom. The van der Waals surface area contributed by atoms with Crippen LogP contribution in [0.5, 0.6) is 0 Å². The lowest BCUT2D eigenvalue weighted by molar-refractivity contribution is 0.0918. The van der Waals surface area contributed by atoms with E-state index in [0.717, 1.165) is 6.42 Å². The Morgan fingerprint density at radius 3 is 1.91 bits per heavy atom. The van der Waals surface area contributed by atoms with Gasteiger partial charge in [0.2, 0.25) is 0 Å². The highest BCUT2D eigenvalue weighted by molar-refractivity contribution is 5.56. The molecular weight excluding hydrogens is 144 g/mol. The first-order valence-corrected chi connectivity index (χ1v) is 4.13. The first-order valence-electron chi connectivity index (χ1n) is 4.13. The molecule has 0 atom stereocenters. The Morgan fingerprint density at radius 2 is 1.82 bits per heavy atom. The topological polar surface area (TPSA) is 46.5 Å². The minimum atomic E-state index is -1.19. The lowest BCUT2D eigenvalue weighted by atomic mass is 10.0. The molecule has 0 aromatic heterocycles. The summed E-state index contributed by atoms with van der Waals surface area (Å²) in [5.74, 6) is 0. The molecule has 0 spiro atoms. The van der Waals surface area contributed by atoms with Crippen molar-refractivity contribution >= 4 is 6.16 Å². The zero-order chi connectivity index (χ0) is 8.53. The molecule has 0 radical (unpaired) electrons. The van der Waals surface area contributed by atoms with Gasteiger partial charge in [-0.2, -0.15) is 0 Å².